The first-order valence-electron chi connectivity index (χ1n) is 10.2. The molecule has 2 heterocycles. The molecule has 2 atom stereocenters. The smallest absolute Gasteiger partial charge is 0.252 e. The molecule has 1 amide bonds. The van der Waals surface area contributed by atoms with Gasteiger partial charge in [0.05, 0.1) is 29.0 Å². The number of nitrogens with two attached hydrogens (primary N) is 2. The minimum absolute atomic E-state index is 0.167. The molecular weight excluding hydrogens is 380 g/mol. The van der Waals surface area contributed by atoms with Crippen LogP contribution in [0.25, 0.3) is 10.9 Å². The average molecular weight is 411 g/mol. The lowest BCUT2D eigenvalue weighted by Crippen LogP contribution is -2.38. The molecule has 1 aliphatic heterocycles. The molecule has 1 aromatic carbocycles. The third kappa shape index (κ3) is 4.31. The summed E-state index contributed by atoms with van der Waals surface area (Å²) < 4.78 is 5.46. The number of fused-ring (bicyclic) bond motifs is 1. The Bertz CT molecular complexity index is 1020. The van der Waals surface area contributed by atoms with Crippen LogP contribution in [0.4, 0.5) is 0 Å². The molecule has 0 aliphatic carbocycles. The van der Waals surface area contributed by atoms with E-state index in [9.17, 15) is 9.90 Å². The molecule has 0 bridgehead atoms. The first-order chi connectivity index (χ1) is 14.1. The van der Waals surface area contributed by atoms with Crippen molar-refractivity contribution in [1.82, 2.24) is 4.98 Å². The number of rotatable bonds is 6. The van der Waals surface area contributed by atoms with Gasteiger partial charge in [-0.05, 0) is 51.3 Å². The molecule has 2 unspecified atom stereocenters. The van der Waals surface area contributed by atoms with Gasteiger partial charge in [0.1, 0.15) is 0 Å². The number of hydrogen-bond donors (Lipinski definition) is 3. The SMILES string of the molecule is CCOc1ccc2cc(C3=NCCC(C(C)C(C)(C)O)C(N)=C3C(N)=O)ccc2n1. The van der Waals surface area contributed by atoms with Crippen LogP contribution < -0.4 is 16.2 Å². The highest BCUT2D eigenvalue weighted by Crippen LogP contribution is 2.34. The number of ether oxygens (including phenoxy) is 1. The second-order valence-corrected chi connectivity index (χ2v) is 8.25. The number of hydrogen-bond acceptors (Lipinski definition) is 6. The quantitative estimate of drug-likeness (QED) is 0.675. The zero-order valence-electron chi connectivity index (χ0n) is 18.0. The average Bonchev–Trinajstić information content (AvgIpc) is 2.85. The summed E-state index contributed by atoms with van der Waals surface area (Å²) in [6, 6.07) is 9.38. The number of carbonyl (C=O) groups excluding carboxylic acids is 1. The van der Waals surface area contributed by atoms with Crippen molar-refractivity contribution in [2.45, 2.75) is 39.7 Å². The first kappa shape index (κ1) is 21.8. The van der Waals surface area contributed by atoms with E-state index in [0.717, 1.165) is 16.5 Å². The second kappa shape index (κ2) is 8.44. The van der Waals surface area contributed by atoms with Gasteiger partial charge in [0.2, 0.25) is 5.88 Å². The largest absolute Gasteiger partial charge is 0.478 e. The van der Waals surface area contributed by atoms with Crippen molar-refractivity contribution in [3.63, 3.8) is 0 Å². The summed E-state index contributed by atoms with van der Waals surface area (Å²) in [4.78, 5) is 21.6. The van der Waals surface area contributed by atoms with Crippen molar-refractivity contribution >= 4 is 22.5 Å². The lowest BCUT2D eigenvalue weighted by Gasteiger charge is -2.33. The normalized spacial score (nSPS) is 18.7. The second-order valence-electron chi connectivity index (χ2n) is 8.25. The molecule has 160 valence electrons. The molecule has 30 heavy (non-hydrogen) atoms. The van der Waals surface area contributed by atoms with Crippen LogP contribution in [0.1, 0.15) is 39.7 Å². The van der Waals surface area contributed by atoms with Gasteiger partial charge in [0.15, 0.2) is 0 Å². The van der Waals surface area contributed by atoms with Gasteiger partial charge >= 0.3 is 0 Å². The minimum atomic E-state index is -0.949. The van der Waals surface area contributed by atoms with E-state index in [0.29, 0.717) is 36.9 Å². The molecule has 7 nitrogen and oxygen atoms in total. The van der Waals surface area contributed by atoms with E-state index in [1.54, 1.807) is 13.8 Å². The number of primary amides is 1. The minimum Gasteiger partial charge on any atom is -0.478 e. The Balaban J connectivity index is 2.07. The third-order valence-corrected chi connectivity index (χ3v) is 5.83. The summed E-state index contributed by atoms with van der Waals surface area (Å²) in [6.07, 6.45) is 0.629. The summed E-state index contributed by atoms with van der Waals surface area (Å²) in [5.74, 6) is -0.426. The van der Waals surface area contributed by atoms with Crippen LogP contribution in [0.3, 0.4) is 0 Å². The Labute approximate surface area is 176 Å². The van der Waals surface area contributed by atoms with Crippen molar-refractivity contribution in [1.29, 1.82) is 0 Å². The van der Waals surface area contributed by atoms with Gasteiger partial charge in [-0.2, -0.15) is 0 Å². The summed E-state index contributed by atoms with van der Waals surface area (Å²) in [7, 11) is 0. The van der Waals surface area contributed by atoms with E-state index < -0.39 is 11.5 Å². The van der Waals surface area contributed by atoms with Gasteiger partial charge < -0.3 is 21.3 Å². The van der Waals surface area contributed by atoms with Crippen molar-refractivity contribution in [3.05, 3.63) is 47.2 Å². The molecule has 5 N–H and O–H groups in total. The molecule has 1 aliphatic rings. The maximum absolute atomic E-state index is 12.4. The fourth-order valence-electron chi connectivity index (χ4n) is 3.86. The zero-order valence-corrected chi connectivity index (χ0v) is 18.0. The lowest BCUT2D eigenvalue weighted by molar-refractivity contribution is -0.114. The number of benzene rings is 1. The van der Waals surface area contributed by atoms with Crippen molar-refractivity contribution < 1.29 is 14.6 Å². The van der Waals surface area contributed by atoms with Crippen LogP contribution in [-0.2, 0) is 4.79 Å². The van der Waals surface area contributed by atoms with Gasteiger partial charge in [0.25, 0.3) is 5.91 Å². The Hall–Kier alpha value is -2.93. The highest BCUT2D eigenvalue weighted by molar-refractivity contribution is 6.28. The van der Waals surface area contributed by atoms with Gasteiger partial charge in [0, 0.05) is 35.2 Å². The molecule has 0 saturated heterocycles. The topological polar surface area (TPSA) is 124 Å². The van der Waals surface area contributed by atoms with Crippen molar-refractivity contribution in [2.24, 2.45) is 28.3 Å². The molecule has 3 rings (SSSR count). The standard InChI is InChI=1S/C23H30N4O3/c1-5-30-18-9-7-14-12-15(6-8-17(14)27-18)21-19(22(25)28)20(24)16(10-11-26-21)13(2)23(3,4)29/h6-9,12-13,16,29H,5,10-11,24H2,1-4H3,(H2,25,28). The fourth-order valence-corrected chi connectivity index (χ4v) is 3.86. The molecule has 1 aromatic heterocycles. The lowest BCUT2D eigenvalue weighted by atomic mass is 9.77. The fraction of sp³-hybridized carbons (Fsp3) is 0.435. The Morgan fingerprint density at radius 2 is 2.07 bits per heavy atom. The number of aliphatic imine (C=N–C) groups is 1. The molecule has 0 radical (unpaired) electrons. The molecule has 2 aromatic rings. The third-order valence-electron chi connectivity index (χ3n) is 5.83. The number of amides is 1. The van der Waals surface area contributed by atoms with Crippen LogP contribution >= 0.6 is 0 Å². The summed E-state index contributed by atoms with van der Waals surface area (Å²) >= 11 is 0. The number of nitrogens with zero attached hydrogens (tertiary/aromatic N) is 2. The van der Waals surface area contributed by atoms with Crippen LogP contribution in [0.15, 0.2) is 46.6 Å². The van der Waals surface area contributed by atoms with Crippen molar-refractivity contribution in [3.8, 4) is 5.88 Å². The number of carbonyl (C=O) groups is 1. The zero-order chi connectivity index (χ0) is 22.1. The Kier molecular flexibility index (Phi) is 6.12. The highest BCUT2D eigenvalue weighted by atomic mass is 16.5. The molecule has 0 fully saturated rings. The Morgan fingerprint density at radius 3 is 2.70 bits per heavy atom. The van der Waals surface area contributed by atoms with Crippen LogP contribution in [0.5, 0.6) is 5.88 Å². The predicted molar refractivity (Wildman–Crippen MR) is 118 cm³/mol. The van der Waals surface area contributed by atoms with Gasteiger partial charge in [-0.15, -0.1) is 0 Å². The number of allylic oxidation sites excluding steroid dienone is 1. The van der Waals surface area contributed by atoms with Crippen LogP contribution in [-0.4, -0.2) is 40.5 Å². The van der Waals surface area contributed by atoms with E-state index in [4.69, 9.17) is 16.2 Å². The molecule has 0 spiro atoms. The molecule has 7 heteroatoms. The molecular formula is C23H30N4O3. The predicted octanol–water partition coefficient (Wildman–Crippen LogP) is 2.55. The van der Waals surface area contributed by atoms with Gasteiger partial charge in [-0.25, -0.2) is 4.98 Å². The van der Waals surface area contributed by atoms with Gasteiger partial charge in [-0.1, -0.05) is 13.0 Å². The van der Waals surface area contributed by atoms with E-state index in [2.05, 4.69) is 9.98 Å². The summed E-state index contributed by atoms with van der Waals surface area (Å²) in [5.41, 5.74) is 13.9. The maximum atomic E-state index is 12.4. The van der Waals surface area contributed by atoms with Crippen LogP contribution in [0.2, 0.25) is 0 Å². The van der Waals surface area contributed by atoms with E-state index >= 15 is 0 Å². The van der Waals surface area contributed by atoms with E-state index in [1.165, 1.54) is 0 Å². The molecule has 0 saturated carbocycles. The van der Waals surface area contributed by atoms with E-state index in [-0.39, 0.29) is 17.4 Å². The Morgan fingerprint density at radius 1 is 1.33 bits per heavy atom. The highest BCUT2D eigenvalue weighted by Gasteiger charge is 2.35. The number of aliphatic hydroxyl groups is 1. The maximum Gasteiger partial charge on any atom is 0.252 e. The first-order valence-corrected chi connectivity index (χ1v) is 10.2. The van der Waals surface area contributed by atoms with Gasteiger partial charge in [-0.3, -0.25) is 9.79 Å². The van der Waals surface area contributed by atoms with Crippen molar-refractivity contribution in [2.75, 3.05) is 13.2 Å². The van der Waals surface area contributed by atoms with Crippen LogP contribution in [0, 0.1) is 11.8 Å². The monoisotopic (exact) mass is 410 g/mol. The summed E-state index contributed by atoms with van der Waals surface area (Å²) in [5, 5.41) is 11.4. The summed E-state index contributed by atoms with van der Waals surface area (Å²) in [6.45, 7) is 8.36. The number of aromatic nitrogens is 1. The number of pyridine rings is 1. The van der Waals surface area contributed by atoms with E-state index in [1.807, 2.05) is 44.2 Å².